The van der Waals surface area contributed by atoms with Crippen LogP contribution in [0.1, 0.15) is 22.3 Å². The van der Waals surface area contributed by atoms with E-state index in [2.05, 4.69) is 27.3 Å². The van der Waals surface area contributed by atoms with Gasteiger partial charge >= 0.3 is 6.03 Å². The number of ether oxygens (including phenoxy) is 1. The van der Waals surface area contributed by atoms with Gasteiger partial charge in [0.15, 0.2) is 0 Å². The summed E-state index contributed by atoms with van der Waals surface area (Å²) >= 11 is 3.40. The maximum Gasteiger partial charge on any atom is 0.335 e. The second-order valence-corrected chi connectivity index (χ2v) is 8.34. The Bertz CT molecular complexity index is 1390. The van der Waals surface area contributed by atoms with Crippen molar-refractivity contribution in [3.63, 3.8) is 0 Å². The molecule has 0 atom stereocenters. The number of nitrogens with one attached hydrogen (secondary N) is 1. The summed E-state index contributed by atoms with van der Waals surface area (Å²) in [6.45, 7) is 1.96. The summed E-state index contributed by atoms with van der Waals surface area (Å²) in [5, 5.41) is 11.5. The molecule has 0 bridgehead atoms. The van der Waals surface area contributed by atoms with E-state index in [1.165, 1.54) is 6.08 Å². The largest absolute Gasteiger partial charge is 0.488 e. The van der Waals surface area contributed by atoms with Crippen LogP contribution in [0.15, 0.2) is 76.8 Å². The van der Waals surface area contributed by atoms with Crippen LogP contribution in [0, 0.1) is 18.3 Å². The fourth-order valence-electron chi connectivity index (χ4n) is 3.46. The molecule has 0 aromatic heterocycles. The van der Waals surface area contributed by atoms with Gasteiger partial charge in [0.05, 0.1) is 17.3 Å². The number of carbonyl (C=O) groups is 3. The van der Waals surface area contributed by atoms with Gasteiger partial charge in [0.2, 0.25) is 0 Å². The number of amides is 4. The van der Waals surface area contributed by atoms with Crippen molar-refractivity contribution in [3.05, 3.63) is 99.0 Å². The highest BCUT2D eigenvalue weighted by atomic mass is 79.9. The normalized spacial score (nSPS) is 14.7. The van der Waals surface area contributed by atoms with Gasteiger partial charge in [-0.15, -0.1) is 0 Å². The lowest BCUT2D eigenvalue weighted by Gasteiger charge is -2.26. The number of barbiturate groups is 1. The van der Waals surface area contributed by atoms with Crippen LogP contribution in [-0.4, -0.2) is 17.8 Å². The molecular weight excluding hydrogens is 498 g/mol. The molecule has 1 aliphatic heterocycles. The van der Waals surface area contributed by atoms with Crippen LogP contribution in [0.25, 0.3) is 6.08 Å². The van der Waals surface area contributed by atoms with E-state index in [-0.39, 0.29) is 12.2 Å². The van der Waals surface area contributed by atoms with E-state index in [1.54, 1.807) is 60.7 Å². The molecule has 168 valence electrons. The van der Waals surface area contributed by atoms with Crippen LogP contribution in [0.3, 0.4) is 0 Å². The van der Waals surface area contributed by atoms with Crippen molar-refractivity contribution in [2.24, 2.45) is 0 Å². The number of urea groups is 1. The van der Waals surface area contributed by atoms with Crippen LogP contribution in [0.4, 0.5) is 10.5 Å². The Kier molecular flexibility index (Phi) is 6.57. The van der Waals surface area contributed by atoms with Crippen LogP contribution in [0.5, 0.6) is 5.75 Å². The molecule has 4 rings (SSSR count). The van der Waals surface area contributed by atoms with E-state index in [9.17, 15) is 19.6 Å². The van der Waals surface area contributed by atoms with E-state index in [0.717, 1.165) is 14.9 Å². The summed E-state index contributed by atoms with van der Waals surface area (Å²) in [7, 11) is 0. The molecule has 1 heterocycles. The Morgan fingerprint density at radius 1 is 1.06 bits per heavy atom. The third-order valence-corrected chi connectivity index (χ3v) is 6.13. The van der Waals surface area contributed by atoms with Crippen molar-refractivity contribution in [2.75, 3.05) is 4.90 Å². The maximum absolute atomic E-state index is 13.2. The summed E-state index contributed by atoms with van der Waals surface area (Å²) in [5.74, 6) is -1.10. The molecule has 8 heteroatoms. The molecule has 4 amide bonds. The quantitative estimate of drug-likeness (QED) is 0.385. The van der Waals surface area contributed by atoms with E-state index in [1.807, 2.05) is 13.0 Å². The summed E-state index contributed by atoms with van der Waals surface area (Å²) in [4.78, 5) is 39.2. The fourth-order valence-corrected chi connectivity index (χ4v) is 3.70. The van der Waals surface area contributed by atoms with Gasteiger partial charge in [0.1, 0.15) is 17.9 Å². The average molecular weight is 516 g/mol. The number of carbonyl (C=O) groups excluding carboxylic acids is 3. The molecule has 3 aromatic rings. The Balaban J connectivity index is 1.66. The average Bonchev–Trinajstić information content (AvgIpc) is 2.83. The van der Waals surface area contributed by atoms with Crippen molar-refractivity contribution in [2.45, 2.75) is 13.5 Å². The zero-order chi connectivity index (χ0) is 24.2. The van der Waals surface area contributed by atoms with Gasteiger partial charge in [-0.05, 0) is 48.9 Å². The predicted octanol–water partition coefficient (Wildman–Crippen LogP) is 4.87. The molecule has 0 spiro atoms. The first-order valence-corrected chi connectivity index (χ1v) is 11.1. The molecule has 0 aliphatic carbocycles. The molecule has 1 aliphatic rings. The topological polar surface area (TPSA) is 99.5 Å². The van der Waals surface area contributed by atoms with Crippen molar-refractivity contribution in [1.29, 1.82) is 5.26 Å². The number of nitrogens with zero attached hydrogens (tertiary/aromatic N) is 2. The van der Waals surface area contributed by atoms with Crippen LogP contribution in [-0.2, 0) is 16.2 Å². The van der Waals surface area contributed by atoms with Crippen molar-refractivity contribution < 1.29 is 19.1 Å². The number of nitriles is 1. The second-order valence-electron chi connectivity index (χ2n) is 7.49. The summed E-state index contributed by atoms with van der Waals surface area (Å²) in [6.07, 6.45) is 1.40. The number of anilines is 1. The van der Waals surface area contributed by atoms with E-state index in [4.69, 9.17) is 4.74 Å². The number of halogens is 1. The molecule has 0 unspecified atom stereocenters. The first-order valence-electron chi connectivity index (χ1n) is 10.3. The van der Waals surface area contributed by atoms with Crippen LogP contribution in [0.2, 0.25) is 0 Å². The molecule has 0 radical (unpaired) electrons. The standard InChI is InChI=1S/C26H18BrN3O4/c1-16-12-20(10-11-22(16)27)30-25(32)21(24(31)29-26(30)33)13-17-6-4-5-9-23(17)34-15-19-8-3-2-7-18(19)14-28/h2-13H,15H2,1H3,(H,29,31,33)/b21-13+. The highest BCUT2D eigenvalue weighted by Crippen LogP contribution is 2.28. The fraction of sp³-hybridized carbons (Fsp3) is 0.0769. The highest BCUT2D eigenvalue weighted by Gasteiger charge is 2.37. The molecule has 1 fully saturated rings. The molecule has 1 saturated heterocycles. The van der Waals surface area contributed by atoms with Gasteiger partial charge in [-0.1, -0.05) is 52.3 Å². The monoisotopic (exact) mass is 515 g/mol. The van der Waals surface area contributed by atoms with Gasteiger partial charge in [0.25, 0.3) is 11.8 Å². The molecule has 0 saturated carbocycles. The van der Waals surface area contributed by atoms with Gasteiger partial charge in [-0.2, -0.15) is 5.26 Å². The van der Waals surface area contributed by atoms with Gasteiger partial charge in [0, 0.05) is 15.6 Å². The van der Waals surface area contributed by atoms with E-state index >= 15 is 0 Å². The maximum atomic E-state index is 13.2. The Morgan fingerprint density at radius 2 is 1.79 bits per heavy atom. The Labute approximate surface area is 204 Å². The van der Waals surface area contributed by atoms with Crippen molar-refractivity contribution in [1.82, 2.24) is 5.32 Å². The van der Waals surface area contributed by atoms with E-state index < -0.39 is 17.8 Å². The lowest BCUT2D eigenvalue weighted by molar-refractivity contribution is -0.122. The first kappa shape index (κ1) is 23.0. The number of para-hydroxylation sites is 1. The molecule has 3 aromatic carbocycles. The Morgan fingerprint density at radius 3 is 2.56 bits per heavy atom. The summed E-state index contributed by atoms with van der Waals surface area (Å²) < 4.78 is 6.75. The minimum atomic E-state index is -0.813. The number of aryl methyl sites for hydroxylation is 1. The minimum absolute atomic E-state index is 0.132. The molecule has 1 N–H and O–H groups in total. The van der Waals surface area contributed by atoms with E-state index in [0.29, 0.717) is 28.1 Å². The van der Waals surface area contributed by atoms with Crippen LogP contribution < -0.4 is 15.0 Å². The van der Waals surface area contributed by atoms with Gasteiger partial charge < -0.3 is 4.74 Å². The van der Waals surface area contributed by atoms with Gasteiger partial charge in [-0.3, -0.25) is 14.9 Å². The first-order chi connectivity index (χ1) is 16.4. The molecule has 7 nitrogen and oxygen atoms in total. The second kappa shape index (κ2) is 9.73. The van der Waals surface area contributed by atoms with Crippen molar-refractivity contribution in [3.8, 4) is 11.8 Å². The Hall–Kier alpha value is -4.22. The zero-order valence-electron chi connectivity index (χ0n) is 18.0. The summed E-state index contributed by atoms with van der Waals surface area (Å²) in [5.41, 5.74) is 2.67. The molecular formula is C26H18BrN3O4. The predicted molar refractivity (Wildman–Crippen MR) is 130 cm³/mol. The summed E-state index contributed by atoms with van der Waals surface area (Å²) in [6, 6.07) is 20.3. The number of imide groups is 2. The smallest absolute Gasteiger partial charge is 0.335 e. The zero-order valence-corrected chi connectivity index (χ0v) is 19.6. The number of benzene rings is 3. The van der Waals surface area contributed by atoms with Crippen LogP contribution >= 0.6 is 15.9 Å². The highest BCUT2D eigenvalue weighted by molar-refractivity contribution is 9.10. The third-order valence-electron chi connectivity index (χ3n) is 5.24. The lowest BCUT2D eigenvalue weighted by Crippen LogP contribution is -2.54. The molecule has 34 heavy (non-hydrogen) atoms. The lowest BCUT2D eigenvalue weighted by atomic mass is 10.1. The SMILES string of the molecule is Cc1cc(N2C(=O)NC(=O)/C(=C\c3ccccc3OCc3ccccc3C#N)C2=O)ccc1Br. The minimum Gasteiger partial charge on any atom is -0.488 e. The van der Waals surface area contributed by atoms with Gasteiger partial charge in [-0.25, -0.2) is 9.69 Å². The third kappa shape index (κ3) is 4.60. The number of rotatable bonds is 5. The number of hydrogen-bond acceptors (Lipinski definition) is 5. The van der Waals surface area contributed by atoms with Crippen molar-refractivity contribution >= 4 is 45.5 Å². The number of hydrogen-bond donors (Lipinski definition) is 1.